The molecule has 0 bridgehead atoms. The number of benzene rings is 3. The lowest BCUT2D eigenvalue weighted by Gasteiger charge is -2.37. The topological polar surface area (TPSA) is 55.6 Å². The fraction of sp³-hybridized carbons (Fsp3) is 0.296. The molecule has 1 fully saturated rings. The molecule has 1 saturated heterocycles. The maximum Gasteiger partial charge on any atom is 0.232 e. The zero-order chi connectivity index (χ0) is 21.7. The molecule has 3 aromatic carbocycles. The molecule has 0 saturated carbocycles. The van der Waals surface area contributed by atoms with Crippen LogP contribution in [-0.4, -0.2) is 37.6 Å². The van der Waals surface area contributed by atoms with Gasteiger partial charge in [-0.05, 0) is 54.1 Å². The Hall–Kier alpha value is -3.11. The van der Waals surface area contributed by atoms with Crippen LogP contribution in [0.25, 0.3) is 0 Å². The minimum atomic E-state index is -0.822. The zero-order valence-electron chi connectivity index (χ0n) is 18.0. The Morgan fingerprint density at radius 1 is 0.968 bits per heavy atom. The molecule has 1 aliphatic rings. The number of methoxy groups -OCH3 is 1. The summed E-state index contributed by atoms with van der Waals surface area (Å²) < 4.78 is 5.25. The van der Waals surface area contributed by atoms with E-state index in [2.05, 4.69) is 17.0 Å². The minimum Gasteiger partial charge on any atom is -0.497 e. The number of nitrogens with two attached hydrogens (primary N) is 1. The van der Waals surface area contributed by atoms with Crippen molar-refractivity contribution in [1.82, 2.24) is 4.90 Å². The molecule has 0 radical (unpaired) electrons. The summed E-state index contributed by atoms with van der Waals surface area (Å²) in [5.74, 6) is 0.736. The predicted octanol–water partition coefficient (Wildman–Crippen LogP) is 4.03. The van der Waals surface area contributed by atoms with E-state index in [0.717, 1.165) is 49.4 Å². The van der Waals surface area contributed by atoms with Gasteiger partial charge in [-0.15, -0.1) is 0 Å². The highest BCUT2D eigenvalue weighted by Crippen LogP contribution is 2.43. The van der Waals surface area contributed by atoms with Crippen molar-refractivity contribution in [2.45, 2.75) is 18.3 Å². The molecule has 1 amide bonds. The second kappa shape index (κ2) is 9.36. The number of carbonyl (C=O) groups is 1. The van der Waals surface area contributed by atoms with Gasteiger partial charge in [0.1, 0.15) is 11.2 Å². The third kappa shape index (κ3) is 4.21. The molecule has 4 heteroatoms. The smallest absolute Gasteiger partial charge is 0.232 e. The molecule has 4 rings (SSSR count). The van der Waals surface area contributed by atoms with Crippen LogP contribution in [-0.2, 0) is 16.6 Å². The lowest BCUT2D eigenvalue weighted by Crippen LogP contribution is -2.49. The van der Waals surface area contributed by atoms with E-state index in [4.69, 9.17) is 10.5 Å². The Balaban J connectivity index is 1.57. The molecule has 160 valence electrons. The first kappa shape index (κ1) is 21.1. The third-order valence-electron chi connectivity index (χ3n) is 6.61. The van der Waals surface area contributed by atoms with Crippen LogP contribution in [0.4, 0.5) is 0 Å². The summed E-state index contributed by atoms with van der Waals surface area (Å²) in [6.45, 7) is 2.78. The fourth-order valence-electron chi connectivity index (χ4n) is 4.99. The molecule has 31 heavy (non-hydrogen) atoms. The van der Waals surface area contributed by atoms with Crippen molar-refractivity contribution in [1.29, 1.82) is 0 Å². The van der Waals surface area contributed by atoms with Crippen LogP contribution in [0, 0.1) is 5.92 Å². The van der Waals surface area contributed by atoms with Gasteiger partial charge in [-0.25, -0.2) is 0 Å². The standard InChI is InChI=1S/C27H30N2O2/c1-31-25-14-12-21(13-15-25)16-18-29-19-17-24(20-29)27(26(28)30,22-8-4-2-5-9-22)23-10-6-3-7-11-23/h2-15,24H,16-20H2,1H3,(H2,28,30). The largest absolute Gasteiger partial charge is 0.497 e. The van der Waals surface area contributed by atoms with E-state index in [1.54, 1.807) is 7.11 Å². The van der Waals surface area contributed by atoms with Crippen LogP contribution in [0.2, 0.25) is 0 Å². The summed E-state index contributed by atoms with van der Waals surface area (Å²) in [7, 11) is 1.68. The van der Waals surface area contributed by atoms with E-state index in [0.29, 0.717) is 0 Å². The highest BCUT2D eigenvalue weighted by Gasteiger charge is 2.49. The Morgan fingerprint density at radius 2 is 1.55 bits per heavy atom. The van der Waals surface area contributed by atoms with E-state index < -0.39 is 5.41 Å². The van der Waals surface area contributed by atoms with Crippen LogP contribution in [0.15, 0.2) is 84.9 Å². The van der Waals surface area contributed by atoms with Gasteiger partial charge < -0.3 is 15.4 Å². The van der Waals surface area contributed by atoms with Gasteiger partial charge in [0.15, 0.2) is 0 Å². The first-order chi connectivity index (χ1) is 15.1. The predicted molar refractivity (Wildman–Crippen MR) is 124 cm³/mol. The van der Waals surface area contributed by atoms with E-state index >= 15 is 0 Å². The average molecular weight is 415 g/mol. The van der Waals surface area contributed by atoms with Gasteiger partial charge in [-0.1, -0.05) is 72.8 Å². The summed E-state index contributed by atoms with van der Waals surface area (Å²) >= 11 is 0. The van der Waals surface area contributed by atoms with Crippen LogP contribution < -0.4 is 10.5 Å². The number of hydrogen-bond donors (Lipinski definition) is 1. The molecular weight excluding hydrogens is 384 g/mol. The molecular formula is C27H30N2O2. The third-order valence-corrected chi connectivity index (χ3v) is 6.61. The van der Waals surface area contributed by atoms with Gasteiger partial charge >= 0.3 is 0 Å². The summed E-state index contributed by atoms with van der Waals surface area (Å²) in [5, 5.41) is 0. The van der Waals surface area contributed by atoms with Crippen molar-refractivity contribution in [3.05, 3.63) is 102 Å². The normalized spacial score (nSPS) is 16.9. The molecule has 0 aromatic heterocycles. The van der Waals surface area contributed by atoms with Crippen LogP contribution >= 0.6 is 0 Å². The highest BCUT2D eigenvalue weighted by molar-refractivity contribution is 5.91. The molecule has 4 nitrogen and oxygen atoms in total. The maximum atomic E-state index is 13.1. The number of amides is 1. The molecule has 2 N–H and O–H groups in total. The molecule has 3 aromatic rings. The van der Waals surface area contributed by atoms with E-state index in [-0.39, 0.29) is 11.8 Å². The number of ether oxygens (including phenoxy) is 1. The Bertz CT molecular complexity index is 947. The average Bonchev–Trinajstić information content (AvgIpc) is 3.29. The van der Waals surface area contributed by atoms with E-state index in [1.807, 2.05) is 72.8 Å². The zero-order valence-corrected chi connectivity index (χ0v) is 18.0. The van der Waals surface area contributed by atoms with Crippen molar-refractivity contribution in [2.75, 3.05) is 26.7 Å². The molecule has 1 aliphatic heterocycles. The van der Waals surface area contributed by atoms with Gasteiger partial charge in [-0.2, -0.15) is 0 Å². The second-order valence-corrected chi connectivity index (χ2v) is 8.29. The number of likely N-dealkylation sites (tertiary alicyclic amines) is 1. The second-order valence-electron chi connectivity index (χ2n) is 8.29. The molecule has 0 aliphatic carbocycles. The number of rotatable bonds is 8. The summed E-state index contributed by atoms with van der Waals surface area (Å²) in [4.78, 5) is 15.6. The summed E-state index contributed by atoms with van der Waals surface area (Å²) in [5.41, 5.74) is 8.61. The Kier molecular flexibility index (Phi) is 6.38. The summed E-state index contributed by atoms with van der Waals surface area (Å²) in [6, 6.07) is 28.3. The van der Waals surface area contributed by atoms with Crippen molar-refractivity contribution in [3.63, 3.8) is 0 Å². The monoisotopic (exact) mass is 414 g/mol. The number of carbonyl (C=O) groups excluding carboxylic acids is 1. The molecule has 1 unspecified atom stereocenters. The van der Waals surface area contributed by atoms with Crippen LogP contribution in [0.1, 0.15) is 23.1 Å². The molecule has 1 heterocycles. The Morgan fingerprint density at radius 3 is 2.06 bits per heavy atom. The number of nitrogens with zero attached hydrogens (tertiary/aromatic N) is 1. The Labute approximate surface area is 184 Å². The van der Waals surface area contributed by atoms with E-state index in [9.17, 15) is 4.79 Å². The number of primary amides is 1. The first-order valence-electron chi connectivity index (χ1n) is 10.9. The highest BCUT2D eigenvalue weighted by atomic mass is 16.5. The molecule has 0 spiro atoms. The quantitative estimate of drug-likeness (QED) is 0.605. The first-order valence-corrected chi connectivity index (χ1v) is 10.9. The van der Waals surface area contributed by atoms with Crippen molar-refractivity contribution < 1.29 is 9.53 Å². The van der Waals surface area contributed by atoms with Crippen LogP contribution in [0.5, 0.6) is 5.75 Å². The van der Waals surface area contributed by atoms with Crippen molar-refractivity contribution >= 4 is 5.91 Å². The minimum absolute atomic E-state index is 0.130. The maximum absolute atomic E-state index is 13.1. The van der Waals surface area contributed by atoms with Gasteiger partial charge in [0.05, 0.1) is 7.11 Å². The lowest BCUT2D eigenvalue weighted by atomic mass is 9.64. The van der Waals surface area contributed by atoms with Gasteiger partial charge in [0, 0.05) is 13.1 Å². The van der Waals surface area contributed by atoms with Gasteiger partial charge in [0.25, 0.3) is 0 Å². The van der Waals surface area contributed by atoms with Crippen molar-refractivity contribution in [3.8, 4) is 5.75 Å². The van der Waals surface area contributed by atoms with Crippen LogP contribution in [0.3, 0.4) is 0 Å². The SMILES string of the molecule is COc1ccc(CCN2CCC(C(C(N)=O)(c3ccccc3)c3ccccc3)C2)cc1. The fourth-order valence-corrected chi connectivity index (χ4v) is 4.99. The van der Waals surface area contributed by atoms with Gasteiger partial charge in [-0.3, -0.25) is 4.79 Å². The molecule has 1 atom stereocenters. The van der Waals surface area contributed by atoms with Crippen molar-refractivity contribution in [2.24, 2.45) is 11.7 Å². The van der Waals surface area contributed by atoms with Gasteiger partial charge in [0.2, 0.25) is 5.91 Å². The van der Waals surface area contributed by atoms with E-state index in [1.165, 1.54) is 5.56 Å². The lowest BCUT2D eigenvalue weighted by molar-refractivity contribution is -0.123. The summed E-state index contributed by atoms with van der Waals surface area (Å²) in [6.07, 6.45) is 1.91. The number of hydrogen-bond acceptors (Lipinski definition) is 3.